The number of ketones is 1. The second kappa shape index (κ2) is 2.64. The summed E-state index contributed by atoms with van der Waals surface area (Å²) in [5.41, 5.74) is -0.806. The van der Waals surface area contributed by atoms with Gasteiger partial charge in [-0.25, -0.2) is 0 Å². The molecule has 1 fully saturated rings. The summed E-state index contributed by atoms with van der Waals surface area (Å²) in [5.74, 6) is -0.403. The smallest absolute Gasteiger partial charge is 0.320 e. The highest BCUT2D eigenvalue weighted by atomic mass is 16.5. The summed E-state index contributed by atoms with van der Waals surface area (Å²) < 4.78 is 4.67. The second-order valence-electron chi connectivity index (χ2n) is 2.79. The summed E-state index contributed by atoms with van der Waals surface area (Å²) in [6.07, 6.45) is 1.11. The van der Waals surface area contributed by atoms with Crippen LogP contribution in [0, 0.1) is 5.41 Å². The van der Waals surface area contributed by atoms with Gasteiger partial charge in [0.15, 0.2) is 12.4 Å². The second-order valence-corrected chi connectivity index (χ2v) is 2.79. The number of Topliss-reactive ketones (excluding diaryl/α,β-unsaturated/α-hetero) is 1. The zero-order valence-electron chi connectivity index (χ0n) is 6.85. The molecule has 3 heteroatoms. The number of hydrogen-bond acceptors (Lipinski definition) is 3. The summed E-state index contributed by atoms with van der Waals surface area (Å²) in [6, 6.07) is 0. The molecule has 0 radical (unpaired) electrons. The van der Waals surface area contributed by atoms with E-state index in [0.29, 0.717) is 12.8 Å². The number of carbonyl (C=O) groups is 2. The van der Waals surface area contributed by atoms with Crippen molar-refractivity contribution in [3.8, 4) is 0 Å². The SMILES string of the molecule is CCC1(CC)C(=O)COC1=O. The first-order valence-corrected chi connectivity index (χ1v) is 3.88. The summed E-state index contributed by atoms with van der Waals surface area (Å²) in [7, 11) is 0. The highest BCUT2D eigenvalue weighted by Crippen LogP contribution is 2.33. The number of cyclic esters (lactones) is 1. The van der Waals surface area contributed by atoms with Crippen LogP contribution in [0.4, 0.5) is 0 Å². The first kappa shape index (κ1) is 8.24. The van der Waals surface area contributed by atoms with Gasteiger partial charge in [0.05, 0.1) is 0 Å². The fourth-order valence-electron chi connectivity index (χ4n) is 1.45. The Balaban J connectivity index is 2.94. The van der Waals surface area contributed by atoms with Crippen LogP contribution in [0.15, 0.2) is 0 Å². The van der Waals surface area contributed by atoms with E-state index < -0.39 is 5.41 Å². The minimum atomic E-state index is -0.806. The lowest BCUT2D eigenvalue weighted by molar-refractivity contribution is -0.147. The molecule has 0 aliphatic carbocycles. The third-order valence-electron chi connectivity index (χ3n) is 2.47. The molecule has 1 aliphatic rings. The number of esters is 1. The monoisotopic (exact) mass is 156 g/mol. The van der Waals surface area contributed by atoms with Crippen molar-refractivity contribution in [2.24, 2.45) is 5.41 Å². The van der Waals surface area contributed by atoms with E-state index in [9.17, 15) is 9.59 Å². The van der Waals surface area contributed by atoms with Gasteiger partial charge in [0.25, 0.3) is 0 Å². The van der Waals surface area contributed by atoms with E-state index in [0.717, 1.165) is 0 Å². The van der Waals surface area contributed by atoms with Gasteiger partial charge < -0.3 is 4.74 Å². The average molecular weight is 156 g/mol. The van der Waals surface area contributed by atoms with E-state index in [1.165, 1.54) is 0 Å². The van der Waals surface area contributed by atoms with Crippen LogP contribution in [0.25, 0.3) is 0 Å². The molecule has 0 bridgehead atoms. The Morgan fingerprint density at radius 1 is 1.36 bits per heavy atom. The molecule has 62 valence electrons. The Bertz CT molecular complexity index is 174. The number of carbonyl (C=O) groups excluding carboxylic acids is 2. The van der Waals surface area contributed by atoms with Crippen molar-refractivity contribution in [3.63, 3.8) is 0 Å². The fourth-order valence-corrected chi connectivity index (χ4v) is 1.45. The molecular formula is C8H12O3. The quantitative estimate of drug-likeness (QED) is 0.441. The molecular weight excluding hydrogens is 144 g/mol. The maximum Gasteiger partial charge on any atom is 0.320 e. The maximum atomic E-state index is 11.2. The third-order valence-corrected chi connectivity index (χ3v) is 2.47. The van der Waals surface area contributed by atoms with Crippen molar-refractivity contribution in [2.45, 2.75) is 26.7 Å². The van der Waals surface area contributed by atoms with Crippen LogP contribution in [0.2, 0.25) is 0 Å². The third kappa shape index (κ3) is 0.951. The molecule has 0 spiro atoms. The molecule has 11 heavy (non-hydrogen) atoms. The van der Waals surface area contributed by atoms with Gasteiger partial charge in [0.2, 0.25) is 0 Å². The predicted molar refractivity (Wildman–Crippen MR) is 39.0 cm³/mol. The highest BCUT2D eigenvalue weighted by molar-refractivity contribution is 6.08. The van der Waals surface area contributed by atoms with Gasteiger partial charge in [-0.3, -0.25) is 9.59 Å². The molecule has 3 nitrogen and oxygen atoms in total. The minimum absolute atomic E-state index is 0.0273. The molecule has 0 N–H and O–H groups in total. The zero-order valence-corrected chi connectivity index (χ0v) is 6.85. The van der Waals surface area contributed by atoms with Gasteiger partial charge in [-0.05, 0) is 12.8 Å². The van der Waals surface area contributed by atoms with Crippen molar-refractivity contribution in [3.05, 3.63) is 0 Å². The first-order chi connectivity index (χ1) is 5.17. The van der Waals surface area contributed by atoms with Crippen LogP contribution in [-0.2, 0) is 14.3 Å². The molecule has 0 amide bonds. The molecule has 0 atom stereocenters. The molecule has 0 aromatic carbocycles. The molecule has 0 aromatic rings. The van der Waals surface area contributed by atoms with E-state index in [1.54, 1.807) is 0 Å². The number of hydrogen-bond donors (Lipinski definition) is 0. The lowest BCUT2D eigenvalue weighted by Crippen LogP contribution is -2.31. The maximum absolute atomic E-state index is 11.2. The molecule has 1 heterocycles. The van der Waals surface area contributed by atoms with Gasteiger partial charge in [0, 0.05) is 0 Å². The first-order valence-electron chi connectivity index (χ1n) is 3.88. The van der Waals surface area contributed by atoms with Crippen LogP contribution in [0.1, 0.15) is 26.7 Å². The predicted octanol–water partition coefficient (Wildman–Crippen LogP) is 0.919. The number of rotatable bonds is 2. The summed E-state index contributed by atoms with van der Waals surface area (Å²) >= 11 is 0. The minimum Gasteiger partial charge on any atom is -0.457 e. The van der Waals surface area contributed by atoms with Gasteiger partial charge in [-0.1, -0.05) is 13.8 Å². The van der Waals surface area contributed by atoms with E-state index in [4.69, 9.17) is 0 Å². The number of ether oxygens (including phenoxy) is 1. The summed E-state index contributed by atoms with van der Waals surface area (Å²) in [4.78, 5) is 22.3. The van der Waals surface area contributed by atoms with Crippen LogP contribution < -0.4 is 0 Å². The van der Waals surface area contributed by atoms with E-state index >= 15 is 0 Å². The standard InChI is InChI=1S/C8H12O3/c1-3-8(4-2)6(9)5-11-7(8)10/h3-5H2,1-2H3. The lowest BCUT2D eigenvalue weighted by Gasteiger charge is -2.17. The topological polar surface area (TPSA) is 43.4 Å². The Labute approximate surface area is 65.7 Å². The zero-order chi connectivity index (χ0) is 8.48. The highest BCUT2D eigenvalue weighted by Gasteiger charge is 2.48. The van der Waals surface area contributed by atoms with Crippen molar-refractivity contribution in [1.29, 1.82) is 0 Å². The average Bonchev–Trinajstić information content (AvgIpc) is 2.29. The van der Waals surface area contributed by atoms with E-state index in [1.807, 2.05) is 13.8 Å². The normalized spacial score (nSPS) is 22.0. The van der Waals surface area contributed by atoms with Crippen LogP contribution >= 0.6 is 0 Å². The molecule has 0 unspecified atom stereocenters. The lowest BCUT2D eigenvalue weighted by atomic mass is 9.80. The molecule has 1 aliphatic heterocycles. The Hall–Kier alpha value is -0.860. The van der Waals surface area contributed by atoms with Crippen molar-refractivity contribution >= 4 is 11.8 Å². The van der Waals surface area contributed by atoms with E-state index in [-0.39, 0.29) is 18.4 Å². The van der Waals surface area contributed by atoms with Gasteiger partial charge in [-0.15, -0.1) is 0 Å². The van der Waals surface area contributed by atoms with Crippen molar-refractivity contribution < 1.29 is 14.3 Å². The van der Waals surface area contributed by atoms with Crippen molar-refractivity contribution in [1.82, 2.24) is 0 Å². The Morgan fingerprint density at radius 2 is 1.91 bits per heavy atom. The van der Waals surface area contributed by atoms with Gasteiger partial charge >= 0.3 is 5.97 Å². The Kier molecular flexibility index (Phi) is 1.98. The fraction of sp³-hybridized carbons (Fsp3) is 0.750. The largest absolute Gasteiger partial charge is 0.457 e. The van der Waals surface area contributed by atoms with Gasteiger partial charge in [-0.2, -0.15) is 0 Å². The molecule has 1 saturated heterocycles. The van der Waals surface area contributed by atoms with Gasteiger partial charge in [0.1, 0.15) is 5.41 Å². The Morgan fingerprint density at radius 3 is 2.09 bits per heavy atom. The van der Waals surface area contributed by atoms with Crippen LogP contribution in [0.5, 0.6) is 0 Å². The summed E-state index contributed by atoms with van der Waals surface area (Å²) in [6.45, 7) is 3.66. The van der Waals surface area contributed by atoms with Crippen LogP contribution in [0.3, 0.4) is 0 Å². The summed E-state index contributed by atoms with van der Waals surface area (Å²) in [5, 5.41) is 0. The van der Waals surface area contributed by atoms with E-state index in [2.05, 4.69) is 4.74 Å². The van der Waals surface area contributed by atoms with Crippen LogP contribution in [-0.4, -0.2) is 18.4 Å². The molecule has 0 aromatic heterocycles. The molecule has 0 saturated carbocycles. The van der Waals surface area contributed by atoms with Crippen molar-refractivity contribution in [2.75, 3.05) is 6.61 Å². The molecule has 1 rings (SSSR count).